The first kappa shape index (κ1) is 44.1. The number of hydrogen-bond donors (Lipinski definition) is 2. The van der Waals surface area contributed by atoms with E-state index in [1.807, 2.05) is 6.08 Å². The first-order chi connectivity index (χ1) is 26.9. The summed E-state index contributed by atoms with van der Waals surface area (Å²) in [6.07, 6.45) is 30.8. The Balaban J connectivity index is 0.000000174. The molecule has 3 heteroatoms. The van der Waals surface area contributed by atoms with Crippen LogP contribution in [0.2, 0.25) is 0 Å². The maximum absolute atomic E-state index is 13.4. The molecule has 2 N–H and O–H groups in total. The Hall–Kier alpha value is -0.930. The lowest BCUT2D eigenvalue weighted by atomic mass is 9.46. The van der Waals surface area contributed by atoms with Gasteiger partial charge in [0.2, 0.25) is 0 Å². The summed E-state index contributed by atoms with van der Waals surface area (Å²) in [5, 5.41) is 20.4. The maximum Gasteiger partial charge on any atom is 0.159 e. The molecule has 0 radical (unpaired) electrons. The molecular formula is C54H90O3. The molecule has 0 heterocycles. The number of ketones is 1. The highest BCUT2D eigenvalue weighted by Crippen LogP contribution is 2.69. The molecule has 10 unspecified atom stereocenters. The van der Waals surface area contributed by atoms with Gasteiger partial charge in [-0.2, -0.15) is 0 Å². The van der Waals surface area contributed by atoms with Crippen molar-refractivity contribution in [1.29, 1.82) is 0 Å². The van der Waals surface area contributed by atoms with E-state index in [0.29, 0.717) is 33.9 Å². The monoisotopic (exact) mass is 787 g/mol. The van der Waals surface area contributed by atoms with Crippen LogP contribution < -0.4 is 0 Å². The summed E-state index contributed by atoms with van der Waals surface area (Å²) >= 11 is 0. The minimum atomic E-state index is -0.241. The number of allylic oxidation sites excluding steroid dienone is 2. The predicted molar refractivity (Wildman–Crippen MR) is 238 cm³/mol. The Bertz CT molecular complexity index is 1470. The fourth-order valence-corrected chi connectivity index (χ4v) is 17.1. The normalized spacial score (nSPS) is 46.0. The van der Waals surface area contributed by atoms with Crippen molar-refractivity contribution in [2.45, 2.75) is 216 Å². The highest BCUT2D eigenvalue weighted by Gasteiger charge is 2.62. The van der Waals surface area contributed by atoms with Gasteiger partial charge < -0.3 is 10.2 Å². The minimum absolute atomic E-state index is 0.0766. The Morgan fingerprint density at radius 2 is 1.07 bits per heavy atom. The van der Waals surface area contributed by atoms with Crippen LogP contribution in [0.25, 0.3) is 0 Å². The quantitative estimate of drug-likeness (QED) is 0.217. The van der Waals surface area contributed by atoms with Gasteiger partial charge in [0.05, 0.1) is 12.2 Å². The zero-order valence-electron chi connectivity index (χ0n) is 38.9. The number of carbonyl (C=O) groups excluding carboxylic acids is 1. The molecule has 0 amide bonds. The van der Waals surface area contributed by atoms with E-state index in [1.165, 1.54) is 108 Å². The van der Waals surface area contributed by atoms with E-state index in [9.17, 15) is 15.0 Å². The van der Waals surface area contributed by atoms with Crippen LogP contribution in [0.1, 0.15) is 204 Å². The molecule has 0 aromatic rings. The molecule has 0 aliphatic heterocycles. The minimum Gasteiger partial charge on any atom is -0.393 e. The summed E-state index contributed by atoms with van der Waals surface area (Å²) < 4.78 is 0. The summed E-state index contributed by atoms with van der Waals surface area (Å²) in [4.78, 5) is 13.4. The molecule has 0 aromatic heterocycles. The molecule has 0 bridgehead atoms. The van der Waals surface area contributed by atoms with E-state index in [-0.39, 0.29) is 23.5 Å². The molecule has 3 nitrogen and oxygen atoms in total. The lowest BCUT2D eigenvalue weighted by Gasteiger charge is -2.58. The van der Waals surface area contributed by atoms with E-state index >= 15 is 0 Å². The SMILES string of the molecule is CC(C)CCCC(C)C1CCC2C3C(=O)C=C4C[C@@H](O)CC[C@]4(C)C3CC[C@]12C.CC(C)CCCC(C)C1CCC2C3CC=C4C[C@@H](O)CC[C@]4(C)C3CC[C@]12C. The zero-order chi connectivity index (χ0) is 41.1. The van der Waals surface area contributed by atoms with Crippen LogP contribution in [0.15, 0.2) is 23.3 Å². The number of carbonyl (C=O) groups is 1. The Kier molecular flexibility index (Phi) is 13.2. The third-order valence-electron chi connectivity index (χ3n) is 20.4. The zero-order valence-corrected chi connectivity index (χ0v) is 38.9. The Morgan fingerprint density at radius 3 is 1.63 bits per heavy atom. The van der Waals surface area contributed by atoms with Gasteiger partial charge in [-0.1, -0.05) is 125 Å². The van der Waals surface area contributed by atoms with Crippen molar-refractivity contribution >= 4 is 5.78 Å². The van der Waals surface area contributed by atoms with Gasteiger partial charge in [0.25, 0.3) is 0 Å². The molecule has 57 heavy (non-hydrogen) atoms. The standard InChI is InChI=1S/C27H44O2.C27H46O/c1-17(2)7-6-8-18(3)21-9-10-22-25-23(12-14-27(21,22)5)26(4)13-11-20(28)15-19(26)16-24(25)29;1-18(2)7-6-8-19(3)23-11-12-24-22-10-9-20-17-21(28)13-15-26(20,4)25(22)14-16-27(23,24)5/h16-18,20-23,25,28H,6-15H2,1-5H3;9,18-19,21-25,28H,6-8,10-17H2,1-5H3/t18?,20-,21?,22?,23?,25?,26-,27+;19?,21-,22?,23?,24?,25?,26-,27+/m00/s1. The van der Waals surface area contributed by atoms with Gasteiger partial charge in [0.15, 0.2) is 5.78 Å². The number of aliphatic hydroxyl groups excluding tert-OH is 2. The van der Waals surface area contributed by atoms with Crippen LogP contribution >= 0.6 is 0 Å². The van der Waals surface area contributed by atoms with Crippen LogP contribution in [0.4, 0.5) is 0 Å². The molecule has 0 aromatic carbocycles. The predicted octanol–water partition coefficient (Wildman–Crippen LogP) is 14.0. The van der Waals surface area contributed by atoms with E-state index < -0.39 is 0 Å². The van der Waals surface area contributed by atoms with Gasteiger partial charge in [0.1, 0.15) is 0 Å². The van der Waals surface area contributed by atoms with Crippen LogP contribution in [-0.4, -0.2) is 28.2 Å². The molecule has 8 aliphatic carbocycles. The molecule has 8 aliphatic rings. The van der Waals surface area contributed by atoms with Crippen LogP contribution in [-0.2, 0) is 4.79 Å². The van der Waals surface area contributed by atoms with Gasteiger partial charge in [-0.05, 0) is 189 Å². The smallest absolute Gasteiger partial charge is 0.159 e. The van der Waals surface area contributed by atoms with Gasteiger partial charge in [0, 0.05) is 5.92 Å². The number of fused-ring (bicyclic) bond motifs is 10. The molecule has 16 atom stereocenters. The van der Waals surface area contributed by atoms with Crippen LogP contribution in [0, 0.1) is 92.7 Å². The fourth-order valence-electron chi connectivity index (χ4n) is 17.1. The number of aliphatic hydroxyl groups is 2. The molecule has 0 spiro atoms. The van der Waals surface area contributed by atoms with Crippen molar-refractivity contribution in [2.24, 2.45) is 92.7 Å². The molecule has 8 rings (SSSR count). The Morgan fingerprint density at radius 1 is 0.579 bits per heavy atom. The van der Waals surface area contributed by atoms with Crippen molar-refractivity contribution in [3.05, 3.63) is 23.3 Å². The van der Waals surface area contributed by atoms with Gasteiger partial charge in [-0.25, -0.2) is 0 Å². The first-order valence-corrected chi connectivity index (χ1v) is 25.2. The van der Waals surface area contributed by atoms with Crippen molar-refractivity contribution in [3.8, 4) is 0 Å². The van der Waals surface area contributed by atoms with E-state index in [4.69, 9.17) is 0 Å². The molecule has 6 fully saturated rings. The van der Waals surface area contributed by atoms with Crippen molar-refractivity contribution in [2.75, 3.05) is 0 Å². The van der Waals surface area contributed by atoms with E-state index in [2.05, 4.69) is 75.3 Å². The largest absolute Gasteiger partial charge is 0.393 e. The second kappa shape index (κ2) is 17.1. The molecular weight excluding hydrogens is 697 g/mol. The lowest BCUT2D eigenvalue weighted by Crippen LogP contribution is -2.53. The highest BCUT2D eigenvalue weighted by atomic mass is 16.3. The van der Waals surface area contributed by atoms with E-state index in [1.54, 1.807) is 5.57 Å². The van der Waals surface area contributed by atoms with Crippen molar-refractivity contribution < 1.29 is 15.0 Å². The molecule has 324 valence electrons. The van der Waals surface area contributed by atoms with Gasteiger partial charge in [-0.15, -0.1) is 0 Å². The van der Waals surface area contributed by atoms with Gasteiger partial charge >= 0.3 is 0 Å². The summed E-state index contributed by atoms with van der Waals surface area (Å²) in [7, 11) is 0. The second-order valence-corrected chi connectivity index (χ2v) is 24.3. The number of hydrogen-bond acceptors (Lipinski definition) is 3. The molecule has 0 saturated heterocycles. The highest BCUT2D eigenvalue weighted by molar-refractivity contribution is 5.94. The summed E-state index contributed by atoms with van der Waals surface area (Å²) in [5.74, 6) is 9.57. The number of rotatable bonds is 10. The Labute approximate surface area is 351 Å². The molecule has 6 saturated carbocycles. The second-order valence-electron chi connectivity index (χ2n) is 24.3. The fraction of sp³-hybridized carbons (Fsp3) is 0.907. The van der Waals surface area contributed by atoms with E-state index in [0.717, 1.165) is 85.4 Å². The maximum atomic E-state index is 13.4. The summed E-state index contributed by atoms with van der Waals surface area (Å²) in [6.45, 7) is 24.7. The topological polar surface area (TPSA) is 57.5 Å². The summed E-state index contributed by atoms with van der Waals surface area (Å²) in [6, 6.07) is 0. The van der Waals surface area contributed by atoms with Crippen LogP contribution in [0.5, 0.6) is 0 Å². The third-order valence-corrected chi connectivity index (χ3v) is 20.4. The van der Waals surface area contributed by atoms with Crippen molar-refractivity contribution in [1.82, 2.24) is 0 Å². The average molecular weight is 787 g/mol. The van der Waals surface area contributed by atoms with Gasteiger partial charge in [-0.3, -0.25) is 4.79 Å². The lowest BCUT2D eigenvalue weighted by molar-refractivity contribution is -0.135. The average Bonchev–Trinajstić information content (AvgIpc) is 3.69. The third kappa shape index (κ3) is 8.14. The van der Waals surface area contributed by atoms with Crippen LogP contribution in [0.3, 0.4) is 0 Å². The first-order valence-electron chi connectivity index (χ1n) is 25.2. The summed E-state index contributed by atoms with van der Waals surface area (Å²) in [5.41, 5.74) is 4.37. The van der Waals surface area contributed by atoms with Crippen molar-refractivity contribution in [3.63, 3.8) is 0 Å².